The van der Waals surface area contributed by atoms with Gasteiger partial charge in [-0.25, -0.2) is 5.48 Å². The zero-order valence-corrected chi connectivity index (χ0v) is 14.7. The molecular weight excluding hydrogens is 340 g/mol. The molecule has 0 fully saturated rings. The summed E-state index contributed by atoms with van der Waals surface area (Å²) in [7, 11) is 0. The van der Waals surface area contributed by atoms with Crippen molar-refractivity contribution in [2.45, 2.75) is 12.8 Å². The van der Waals surface area contributed by atoms with Gasteiger partial charge in [0.2, 0.25) is 5.91 Å². The van der Waals surface area contributed by atoms with Gasteiger partial charge in [-0.2, -0.15) is 0 Å². The van der Waals surface area contributed by atoms with E-state index in [-0.39, 0.29) is 5.91 Å². The second kappa shape index (κ2) is 8.78. The van der Waals surface area contributed by atoms with Crippen LogP contribution >= 0.6 is 0 Å². The van der Waals surface area contributed by atoms with Gasteiger partial charge in [0.05, 0.1) is 0 Å². The highest BCUT2D eigenvalue weighted by Gasteiger charge is 2.07. The summed E-state index contributed by atoms with van der Waals surface area (Å²) in [6.07, 6.45) is 1.11. The summed E-state index contributed by atoms with van der Waals surface area (Å²) in [6, 6.07) is 24.3. The number of aryl methyl sites for hydroxylation is 1. The van der Waals surface area contributed by atoms with Crippen LogP contribution in [0.4, 0.5) is 5.69 Å². The van der Waals surface area contributed by atoms with E-state index in [1.54, 1.807) is 29.7 Å². The Morgan fingerprint density at radius 2 is 1.56 bits per heavy atom. The molecule has 27 heavy (non-hydrogen) atoms. The Balaban J connectivity index is 1.64. The standard InChI is InChI=1S/C22H20N2O3/c25-21(14-9-16-5-2-1-3-6-16)23-20-8-4-7-19(15-20)17-10-12-18(13-11-17)22(26)24-27/h1-8,10-13,15,27H,9,14H2,(H,23,25)(H,24,26). The van der Waals surface area contributed by atoms with E-state index in [2.05, 4.69) is 5.32 Å². The third-order valence-electron chi connectivity index (χ3n) is 4.21. The predicted molar refractivity (Wildman–Crippen MR) is 105 cm³/mol. The minimum atomic E-state index is -0.555. The van der Waals surface area contributed by atoms with Crippen LogP contribution in [0.1, 0.15) is 22.3 Å². The van der Waals surface area contributed by atoms with Gasteiger partial charge in [0.1, 0.15) is 0 Å². The first kappa shape index (κ1) is 18.4. The normalized spacial score (nSPS) is 10.3. The molecule has 5 heteroatoms. The Labute approximate surface area is 157 Å². The second-order valence-electron chi connectivity index (χ2n) is 6.13. The van der Waals surface area contributed by atoms with Gasteiger partial charge in [-0.1, -0.05) is 54.6 Å². The molecule has 0 aliphatic rings. The number of rotatable bonds is 6. The highest BCUT2D eigenvalue weighted by Crippen LogP contribution is 2.23. The van der Waals surface area contributed by atoms with Gasteiger partial charge in [-0.15, -0.1) is 0 Å². The van der Waals surface area contributed by atoms with Gasteiger partial charge in [-0.3, -0.25) is 14.8 Å². The fourth-order valence-electron chi connectivity index (χ4n) is 2.78. The molecule has 0 unspecified atom stereocenters. The SMILES string of the molecule is O=C(CCc1ccccc1)Nc1cccc(-c2ccc(C(=O)NO)cc2)c1. The van der Waals surface area contributed by atoms with Gasteiger partial charge in [0.15, 0.2) is 0 Å². The zero-order valence-electron chi connectivity index (χ0n) is 14.7. The maximum Gasteiger partial charge on any atom is 0.274 e. The maximum absolute atomic E-state index is 12.2. The molecule has 0 atom stereocenters. The number of nitrogens with one attached hydrogen (secondary N) is 2. The quantitative estimate of drug-likeness (QED) is 0.458. The van der Waals surface area contributed by atoms with E-state index in [1.165, 1.54) is 0 Å². The summed E-state index contributed by atoms with van der Waals surface area (Å²) in [5.41, 5.74) is 5.66. The summed E-state index contributed by atoms with van der Waals surface area (Å²) >= 11 is 0. The molecule has 0 radical (unpaired) electrons. The lowest BCUT2D eigenvalue weighted by Gasteiger charge is -2.08. The van der Waals surface area contributed by atoms with Gasteiger partial charge in [0, 0.05) is 17.7 Å². The Morgan fingerprint density at radius 1 is 0.815 bits per heavy atom. The molecule has 0 bridgehead atoms. The van der Waals surface area contributed by atoms with Crippen LogP contribution in [0, 0.1) is 0 Å². The highest BCUT2D eigenvalue weighted by molar-refractivity contribution is 5.94. The van der Waals surface area contributed by atoms with Crippen LogP contribution in [-0.2, 0) is 11.2 Å². The number of carbonyl (C=O) groups excluding carboxylic acids is 2. The summed E-state index contributed by atoms with van der Waals surface area (Å²) in [4.78, 5) is 23.6. The third-order valence-corrected chi connectivity index (χ3v) is 4.21. The largest absolute Gasteiger partial charge is 0.326 e. The fourth-order valence-corrected chi connectivity index (χ4v) is 2.78. The van der Waals surface area contributed by atoms with Crippen molar-refractivity contribution in [1.82, 2.24) is 5.48 Å². The van der Waals surface area contributed by atoms with Crippen LogP contribution in [0.15, 0.2) is 78.9 Å². The zero-order chi connectivity index (χ0) is 19.1. The molecule has 0 saturated heterocycles. The van der Waals surface area contributed by atoms with Crippen molar-refractivity contribution in [3.8, 4) is 11.1 Å². The topological polar surface area (TPSA) is 78.4 Å². The van der Waals surface area contributed by atoms with E-state index in [4.69, 9.17) is 5.21 Å². The lowest BCUT2D eigenvalue weighted by molar-refractivity contribution is -0.116. The molecule has 0 aliphatic heterocycles. The molecule has 2 amide bonds. The van der Waals surface area contributed by atoms with Crippen LogP contribution < -0.4 is 10.8 Å². The van der Waals surface area contributed by atoms with Crippen molar-refractivity contribution in [3.63, 3.8) is 0 Å². The van der Waals surface area contributed by atoms with E-state index in [0.717, 1.165) is 22.4 Å². The van der Waals surface area contributed by atoms with Crippen molar-refractivity contribution in [1.29, 1.82) is 0 Å². The fraction of sp³-hybridized carbons (Fsp3) is 0.0909. The van der Waals surface area contributed by atoms with Gasteiger partial charge < -0.3 is 5.32 Å². The van der Waals surface area contributed by atoms with E-state index < -0.39 is 5.91 Å². The van der Waals surface area contributed by atoms with E-state index in [0.29, 0.717) is 18.4 Å². The van der Waals surface area contributed by atoms with Gasteiger partial charge in [0.25, 0.3) is 5.91 Å². The van der Waals surface area contributed by atoms with Crippen LogP contribution in [0.5, 0.6) is 0 Å². The average molecular weight is 360 g/mol. The number of benzene rings is 3. The summed E-state index contributed by atoms with van der Waals surface area (Å²) in [5, 5.41) is 11.6. The van der Waals surface area contributed by atoms with Crippen LogP contribution in [0.25, 0.3) is 11.1 Å². The maximum atomic E-state index is 12.2. The highest BCUT2D eigenvalue weighted by atomic mass is 16.5. The Hall–Kier alpha value is -3.44. The molecule has 3 rings (SSSR count). The lowest BCUT2D eigenvalue weighted by atomic mass is 10.0. The van der Waals surface area contributed by atoms with E-state index >= 15 is 0 Å². The van der Waals surface area contributed by atoms with Crippen molar-refractivity contribution >= 4 is 17.5 Å². The molecule has 0 aliphatic carbocycles. The summed E-state index contributed by atoms with van der Waals surface area (Å²) in [5.74, 6) is -0.591. The Morgan fingerprint density at radius 3 is 2.26 bits per heavy atom. The molecule has 3 aromatic carbocycles. The molecule has 0 saturated carbocycles. The van der Waals surface area contributed by atoms with E-state index in [9.17, 15) is 9.59 Å². The summed E-state index contributed by atoms with van der Waals surface area (Å²) < 4.78 is 0. The number of carbonyl (C=O) groups is 2. The smallest absolute Gasteiger partial charge is 0.274 e. The summed E-state index contributed by atoms with van der Waals surface area (Å²) in [6.45, 7) is 0. The Bertz CT molecular complexity index is 922. The van der Waals surface area contributed by atoms with Crippen molar-refractivity contribution in [2.24, 2.45) is 0 Å². The third kappa shape index (κ3) is 5.03. The Kier molecular flexibility index (Phi) is 5.97. The number of hydrogen-bond donors (Lipinski definition) is 3. The van der Waals surface area contributed by atoms with Crippen LogP contribution in [0.3, 0.4) is 0 Å². The lowest BCUT2D eigenvalue weighted by Crippen LogP contribution is -2.18. The number of anilines is 1. The van der Waals surface area contributed by atoms with Gasteiger partial charge >= 0.3 is 0 Å². The molecule has 3 N–H and O–H groups in total. The van der Waals surface area contributed by atoms with Crippen LogP contribution in [-0.4, -0.2) is 17.0 Å². The first-order valence-electron chi connectivity index (χ1n) is 8.64. The molecule has 136 valence electrons. The second-order valence-corrected chi connectivity index (χ2v) is 6.13. The van der Waals surface area contributed by atoms with E-state index in [1.807, 2.05) is 54.6 Å². The first-order chi connectivity index (χ1) is 13.2. The van der Waals surface area contributed by atoms with Crippen LogP contribution in [0.2, 0.25) is 0 Å². The minimum absolute atomic E-state index is 0.0361. The van der Waals surface area contributed by atoms with Crippen molar-refractivity contribution in [3.05, 3.63) is 90.0 Å². The molecule has 5 nitrogen and oxygen atoms in total. The number of hydrogen-bond acceptors (Lipinski definition) is 3. The molecule has 3 aromatic rings. The monoisotopic (exact) mass is 360 g/mol. The molecule has 0 spiro atoms. The average Bonchev–Trinajstić information content (AvgIpc) is 2.73. The minimum Gasteiger partial charge on any atom is -0.326 e. The predicted octanol–water partition coefficient (Wildman–Crippen LogP) is 4.04. The number of amides is 2. The van der Waals surface area contributed by atoms with Crippen molar-refractivity contribution < 1.29 is 14.8 Å². The van der Waals surface area contributed by atoms with Gasteiger partial charge in [-0.05, 0) is 47.4 Å². The molecular formula is C22H20N2O3. The molecule has 0 heterocycles. The first-order valence-corrected chi connectivity index (χ1v) is 8.64. The molecule has 0 aromatic heterocycles. The van der Waals surface area contributed by atoms with Crippen molar-refractivity contribution in [2.75, 3.05) is 5.32 Å². The number of hydroxylamine groups is 1.